The molecule has 0 unspecified atom stereocenters. The molecule has 0 atom stereocenters. The zero-order valence-electron chi connectivity index (χ0n) is 12.2. The smallest absolute Gasteiger partial charge is 0.257 e. The van der Waals surface area contributed by atoms with E-state index in [0.717, 1.165) is 24.3 Å². The Hall–Kier alpha value is -2.36. The highest BCUT2D eigenvalue weighted by atomic mass is 16.1. The molecule has 0 spiro atoms. The van der Waals surface area contributed by atoms with Gasteiger partial charge >= 0.3 is 0 Å². The molecule has 4 nitrogen and oxygen atoms in total. The van der Waals surface area contributed by atoms with Crippen LogP contribution in [0.15, 0.2) is 42.7 Å². The first-order chi connectivity index (χ1) is 10.2. The highest BCUT2D eigenvalue weighted by molar-refractivity contribution is 6.05. The van der Waals surface area contributed by atoms with Crippen LogP contribution in [0, 0.1) is 6.92 Å². The summed E-state index contributed by atoms with van der Waals surface area (Å²) in [6, 6.07) is 9.88. The van der Waals surface area contributed by atoms with Crippen LogP contribution in [0.25, 0.3) is 0 Å². The van der Waals surface area contributed by atoms with Crippen molar-refractivity contribution >= 4 is 17.3 Å². The summed E-state index contributed by atoms with van der Waals surface area (Å²) in [7, 11) is 0. The standard InChI is InChI=1S/C17H19N3O/c1-13-8-9-18-12-16(13)17(21)19-14-4-6-15(7-5-14)20-10-2-3-11-20/h4-9,12H,2-3,10-11H2,1H3,(H,19,21). The number of pyridine rings is 1. The van der Waals surface area contributed by atoms with E-state index in [2.05, 4.69) is 27.3 Å². The van der Waals surface area contributed by atoms with Gasteiger partial charge in [-0.25, -0.2) is 0 Å². The molecule has 1 aliphatic heterocycles. The van der Waals surface area contributed by atoms with Gasteiger partial charge in [-0.2, -0.15) is 0 Å². The molecular weight excluding hydrogens is 262 g/mol. The maximum absolute atomic E-state index is 12.2. The van der Waals surface area contributed by atoms with Crippen molar-refractivity contribution < 1.29 is 4.79 Å². The Kier molecular flexibility index (Phi) is 3.86. The molecule has 1 aromatic heterocycles. The fourth-order valence-electron chi connectivity index (χ4n) is 2.63. The fourth-order valence-corrected chi connectivity index (χ4v) is 2.63. The van der Waals surface area contributed by atoms with Gasteiger partial charge in [0.25, 0.3) is 5.91 Å². The highest BCUT2D eigenvalue weighted by Gasteiger charge is 2.13. The number of hydrogen-bond donors (Lipinski definition) is 1. The largest absolute Gasteiger partial charge is 0.372 e. The topological polar surface area (TPSA) is 45.2 Å². The third kappa shape index (κ3) is 3.05. The van der Waals surface area contributed by atoms with E-state index in [4.69, 9.17) is 0 Å². The minimum absolute atomic E-state index is 0.116. The zero-order valence-corrected chi connectivity index (χ0v) is 12.2. The van der Waals surface area contributed by atoms with E-state index in [1.807, 2.05) is 25.1 Å². The first-order valence-corrected chi connectivity index (χ1v) is 7.31. The Labute approximate surface area is 124 Å². The van der Waals surface area contributed by atoms with Gasteiger partial charge < -0.3 is 10.2 Å². The van der Waals surface area contributed by atoms with Gasteiger partial charge in [0.05, 0.1) is 5.56 Å². The maximum Gasteiger partial charge on any atom is 0.257 e. The summed E-state index contributed by atoms with van der Waals surface area (Å²) in [4.78, 5) is 18.6. The Morgan fingerprint density at radius 1 is 1.14 bits per heavy atom. The van der Waals surface area contributed by atoms with Crippen LogP contribution in [0.5, 0.6) is 0 Å². The molecule has 0 radical (unpaired) electrons. The first-order valence-electron chi connectivity index (χ1n) is 7.31. The first kappa shape index (κ1) is 13.6. The third-order valence-corrected chi connectivity index (χ3v) is 3.88. The van der Waals surface area contributed by atoms with Crippen LogP contribution in [-0.4, -0.2) is 24.0 Å². The van der Waals surface area contributed by atoms with Crippen molar-refractivity contribution in [2.24, 2.45) is 0 Å². The van der Waals surface area contributed by atoms with E-state index in [1.165, 1.54) is 18.5 Å². The predicted octanol–water partition coefficient (Wildman–Crippen LogP) is 3.24. The van der Waals surface area contributed by atoms with Crippen LogP contribution in [-0.2, 0) is 0 Å². The van der Waals surface area contributed by atoms with Crippen LogP contribution in [0.2, 0.25) is 0 Å². The van der Waals surface area contributed by atoms with Crippen molar-refractivity contribution in [3.05, 3.63) is 53.9 Å². The maximum atomic E-state index is 12.2. The second-order valence-corrected chi connectivity index (χ2v) is 5.39. The Bertz CT molecular complexity index is 631. The summed E-state index contributed by atoms with van der Waals surface area (Å²) >= 11 is 0. The van der Waals surface area contributed by atoms with E-state index in [9.17, 15) is 4.79 Å². The summed E-state index contributed by atoms with van der Waals surface area (Å²) in [6.07, 6.45) is 5.82. The van der Waals surface area contributed by atoms with Crippen LogP contribution < -0.4 is 10.2 Å². The molecule has 0 bridgehead atoms. The van der Waals surface area contributed by atoms with E-state index in [0.29, 0.717) is 5.56 Å². The third-order valence-electron chi connectivity index (χ3n) is 3.88. The SMILES string of the molecule is Cc1ccncc1C(=O)Nc1ccc(N2CCCC2)cc1. The van der Waals surface area contributed by atoms with Crippen molar-refractivity contribution in [3.8, 4) is 0 Å². The summed E-state index contributed by atoms with van der Waals surface area (Å²) in [5.41, 5.74) is 3.58. The Morgan fingerprint density at radius 2 is 1.86 bits per heavy atom. The number of amides is 1. The lowest BCUT2D eigenvalue weighted by Crippen LogP contribution is -2.17. The van der Waals surface area contributed by atoms with Crippen molar-refractivity contribution in [3.63, 3.8) is 0 Å². The molecule has 1 amide bonds. The molecule has 21 heavy (non-hydrogen) atoms. The number of nitrogens with zero attached hydrogens (tertiary/aromatic N) is 2. The molecule has 1 aromatic carbocycles. The van der Waals surface area contributed by atoms with Gasteiger partial charge in [-0.1, -0.05) is 0 Å². The molecule has 0 saturated carbocycles. The lowest BCUT2D eigenvalue weighted by Gasteiger charge is -2.17. The number of carbonyl (C=O) groups excluding carboxylic acids is 1. The number of aryl methyl sites for hydroxylation is 1. The Balaban J connectivity index is 1.70. The molecule has 2 aromatic rings. The van der Waals surface area contributed by atoms with E-state index in [-0.39, 0.29) is 5.91 Å². The monoisotopic (exact) mass is 281 g/mol. The van der Waals surface area contributed by atoms with Crippen LogP contribution in [0.1, 0.15) is 28.8 Å². The molecule has 1 saturated heterocycles. The lowest BCUT2D eigenvalue weighted by atomic mass is 10.1. The van der Waals surface area contributed by atoms with Crippen LogP contribution in [0.3, 0.4) is 0 Å². The second-order valence-electron chi connectivity index (χ2n) is 5.39. The normalized spacial score (nSPS) is 14.2. The van der Waals surface area contributed by atoms with Gasteiger partial charge in [-0.15, -0.1) is 0 Å². The van der Waals surface area contributed by atoms with E-state index < -0.39 is 0 Å². The summed E-state index contributed by atoms with van der Waals surface area (Å²) in [5.74, 6) is -0.116. The molecular formula is C17H19N3O. The lowest BCUT2D eigenvalue weighted by molar-refractivity contribution is 0.102. The summed E-state index contributed by atoms with van der Waals surface area (Å²) in [6.45, 7) is 4.16. The number of rotatable bonds is 3. The summed E-state index contributed by atoms with van der Waals surface area (Å²) in [5, 5.41) is 2.92. The average Bonchev–Trinajstić information content (AvgIpc) is 3.02. The van der Waals surface area contributed by atoms with Crippen LogP contribution in [0.4, 0.5) is 11.4 Å². The highest BCUT2D eigenvalue weighted by Crippen LogP contribution is 2.22. The van der Waals surface area contributed by atoms with Crippen molar-refractivity contribution in [1.29, 1.82) is 0 Å². The number of anilines is 2. The fraction of sp³-hybridized carbons (Fsp3) is 0.294. The second kappa shape index (κ2) is 5.95. The van der Waals surface area contributed by atoms with Gasteiger partial charge in [0.2, 0.25) is 0 Å². The van der Waals surface area contributed by atoms with E-state index >= 15 is 0 Å². The minimum atomic E-state index is -0.116. The molecule has 4 heteroatoms. The van der Waals surface area contributed by atoms with E-state index in [1.54, 1.807) is 12.4 Å². The molecule has 1 N–H and O–H groups in total. The predicted molar refractivity (Wildman–Crippen MR) is 84.8 cm³/mol. The number of benzene rings is 1. The van der Waals surface area contributed by atoms with Gasteiger partial charge in [0.1, 0.15) is 0 Å². The van der Waals surface area contributed by atoms with Gasteiger partial charge in [0, 0.05) is 36.9 Å². The number of aromatic nitrogens is 1. The number of nitrogens with one attached hydrogen (secondary N) is 1. The average molecular weight is 281 g/mol. The van der Waals surface area contributed by atoms with Gasteiger partial charge in [-0.05, 0) is 55.7 Å². The van der Waals surface area contributed by atoms with Crippen molar-refractivity contribution in [1.82, 2.24) is 4.98 Å². The molecule has 0 aliphatic carbocycles. The Morgan fingerprint density at radius 3 is 2.52 bits per heavy atom. The molecule has 1 aliphatic rings. The molecule has 3 rings (SSSR count). The van der Waals surface area contributed by atoms with Crippen molar-refractivity contribution in [2.75, 3.05) is 23.3 Å². The summed E-state index contributed by atoms with van der Waals surface area (Å²) < 4.78 is 0. The number of hydrogen-bond acceptors (Lipinski definition) is 3. The van der Waals surface area contributed by atoms with Crippen molar-refractivity contribution in [2.45, 2.75) is 19.8 Å². The minimum Gasteiger partial charge on any atom is -0.372 e. The molecule has 2 heterocycles. The van der Waals surface area contributed by atoms with Gasteiger partial charge in [0.15, 0.2) is 0 Å². The molecule has 1 fully saturated rings. The zero-order chi connectivity index (χ0) is 14.7. The van der Waals surface area contributed by atoms with Gasteiger partial charge in [-0.3, -0.25) is 9.78 Å². The van der Waals surface area contributed by atoms with Crippen LogP contribution >= 0.6 is 0 Å². The molecule has 108 valence electrons. The number of carbonyl (C=O) groups is 1. The quantitative estimate of drug-likeness (QED) is 0.939.